The third kappa shape index (κ3) is 45.5. The van der Waals surface area contributed by atoms with E-state index in [1.165, 1.54) is 77.8 Å². The molecule has 8 rings (SSSR count). The van der Waals surface area contributed by atoms with Crippen LogP contribution in [0.1, 0.15) is 272 Å². The van der Waals surface area contributed by atoms with Crippen LogP contribution in [0.5, 0.6) is 0 Å². The number of imidazole rings is 1. The van der Waals surface area contributed by atoms with E-state index >= 15 is 0 Å². The standard InChI is InChI=1S/C10H21N.C8H18N2.C8H17NO.C8H17N.C8H13N.2C7H12N2.C6H11N3.9CH4/c1-10(2,3)11-8-6-4-5-7-9-11;1-8(2,3)10-6-4-9-5-7-10;1-8(2,3)9-4-6-10-7-5-9;2*1-8(2,3)9-6-4-5-7-9;1-7(2,3)9-5-4-8-6-9;1-7(2,3)9-6-4-5-8-9;1-6(2,3)9-5-7-4-8-9;;;;;;;;;/h4-9H2,1-3H3;9H,4-7H2,1-3H3;4-7H2,1-3H3;4-7H2,1-3H3;4-7H,1-3H3;2*4-6H,1-3H3;4-5H,1-3H3;9*1H4. The molecule has 4 aromatic heterocycles. The summed E-state index contributed by atoms with van der Waals surface area (Å²) < 4.78 is 13.3. The molecule has 4 saturated heterocycles. The molecule has 0 spiro atoms. The van der Waals surface area contributed by atoms with Gasteiger partial charge in [-0.25, -0.2) is 14.6 Å². The predicted molar refractivity (Wildman–Crippen MR) is 386 cm³/mol. The second-order valence-electron chi connectivity index (χ2n) is 28.6. The van der Waals surface area contributed by atoms with E-state index in [9.17, 15) is 0 Å². The van der Waals surface area contributed by atoms with Crippen LogP contribution in [0.25, 0.3) is 0 Å². The van der Waals surface area contributed by atoms with E-state index in [0.717, 1.165) is 39.4 Å². The van der Waals surface area contributed by atoms with Crippen molar-refractivity contribution in [3.05, 3.63) is 74.4 Å². The molecule has 0 unspecified atom stereocenters. The van der Waals surface area contributed by atoms with Crippen molar-refractivity contribution in [2.45, 2.75) is 316 Å². The highest BCUT2D eigenvalue weighted by Crippen LogP contribution is 2.21. The summed E-state index contributed by atoms with van der Waals surface area (Å²) >= 11 is 0. The molecule has 8 heterocycles. The third-order valence-corrected chi connectivity index (χ3v) is 13.6. The summed E-state index contributed by atoms with van der Waals surface area (Å²) in [5.74, 6) is 0. The van der Waals surface area contributed by atoms with Crippen LogP contribution in [0.3, 0.4) is 0 Å². The van der Waals surface area contributed by atoms with Gasteiger partial charge in [0.25, 0.3) is 0 Å². The van der Waals surface area contributed by atoms with Gasteiger partial charge in [-0.15, -0.1) is 0 Å². The molecule has 0 bridgehead atoms. The first kappa shape index (κ1) is 101. The normalized spacial score (nSPS) is 15.9. The average Bonchev–Trinajstić information content (AvgIpc) is 4.16. The van der Waals surface area contributed by atoms with Crippen molar-refractivity contribution in [1.82, 2.24) is 63.6 Å². The van der Waals surface area contributed by atoms with Crippen molar-refractivity contribution in [2.24, 2.45) is 0 Å². The van der Waals surface area contributed by atoms with Crippen molar-refractivity contribution in [2.75, 3.05) is 78.7 Å². The fourth-order valence-electron chi connectivity index (χ4n) is 8.36. The lowest BCUT2D eigenvalue weighted by Crippen LogP contribution is -2.51. The Morgan fingerprint density at radius 2 is 0.682 bits per heavy atom. The molecular weight excluding hydrogens is 1050 g/mol. The Morgan fingerprint density at radius 1 is 0.318 bits per heavy atom. The largest absolute Gasteiger partial charge is 0.379 e. The van der Waals surface area contributed by atoms with Gasteiger partial charge in [0.15, 0.2) is 0 Å². The van der Waals surface area contributed by atoms with Crippen LogP contribution in [0.2, 0.25) is 0 Å². The highest BCUT2D eigenvalue weighted by atomic mass is 16.5. The number of hydrogen-bond acceptors (Lipinski definition) is 10. The first-order valence-electron chi connectivity index (χ1n) is 29.1. The SMILES string of the molecule is C.C.C.C.C.C.C.C.C.CC(C)(C)N1CCCC1.CC(C)(C)N1CCCCCC1.CC(C)(C)N1CCNCC1.CC(C)(C)N1CCOCC1.CC(C)(C)n1cccc1.CC(C)(C)n1cccn1.CC(C)(C)n1ccnc1.CC(C)(C)n1cncn1. The summed E-state index contributed by atoms with van der Waals surface area (Å²) in [5, 5.41) is 11.4. The number of rotatable bonds is 0. The van der Waals surface area contributed by atoms with Crippen LogP contribution >= 0.6 is 0 Å². The van der Waals surface area contributed by atoms with Gasteiger partial charge in [0.05, 0.1) is 30.6 Å². The van der Waals surface area contributed by atoms with Crippen LogP contribution < -0.4 is 5.32 Å². The molecule has 0 radical (unpaired) electrons. The molecule has 1 N–H and O–H groups in total. The maximum absolute atomic E-state index is 5.25. The predicted octanol–water partition coefficient (Wildman–Crippen LogP) is 18.6. The number of nitrogens with one attached hydrogen (secondary N) is 1. The minimum absolute atomic E-state index is 0. The number of piperazine rings is 1. The quantitative estimate of drug-likeness (QED) is 0.183. The Hall–Kier alpha value is -3.40. The molecule has 0 atom stereocenters. The second-order valence-corrected chi connectivity index (χ2v) is 28.6. The summed E-state index contributed by atoms with van der Waals surface area (Å²) in [4.78, 5) is 17.9. The zero-order chi connectivity index (χ0) is 58.1. The van der Waals surface area contributed by atoms with E-state index in [1.54, 1.807) is 25.0 Å². The molecule has 0 amide bonds. The van der Waals surface area contributed by atoms with E-state index in [2.05, 4.69) is 233 Å². The molecule has 4 fully saturated rings. The Bertz CT molecular complexity index is 1720. The maximum atomic E-state index is 5.25. The molecular formula is C71H157N13O. The Morgan fingerprint density at radius 3 is 0.906 bits per heavy atom. The summed E-state index contributed by atoms with van der Waals surface area (Å²) in [6.45, 7) is 66.9. The lowest BCUT2D eigenvalue weighted by molar-refractivity contribution is -0.00389. The Kier molecular flexibility index (Phi) is 55.2. The molecule has 85 heavy (non-hydrogen) atoms. The topological polar surface area (TPSA) is 106 Å². The summed E-state index contributed by atoms with van der Waals surface area (Å²) in [6, 6.07) is 6.03. The molecule has 4 aliphatic heterocycles. The first-order chi connectivity index (χ1) is 34.8. The van der Waals surface area contributed by atoms with Gasteiger partial charge in [0.2, 0.25) is 0 Å². The summed E-state index contributed by atoms with van der Waals surface area (Å²) in [6.07, 6.45) is 25.3. The second kappa shape index (κ2) is 46.7. The summed E-state index contributed by atoms with van der Waals surface area (Å²) in [7, 11) is 0. The Balaban J connectivity index is -0.000000109. The first-order valence-corrected chi connectivity index (χ1v) is 29.1. The highest BCUT2D eigenvalue weighted by Gasteiger charge is 2.25. The van der Waals surface area contributed by atoms with Crippen molar-refractivity contribution >= 4 is 0 Å². The molecule has 4 aliphatic rings. The third-order valence-electron chi connectivity index (χ3n) is 13.6. The maximum Gasteiger partial charge on any atom is 0.137 e. The van der Waals surface area contributed by atoms with Crippen molar-refractivity contribution in [3.63, 3.8) is 0 Å². The van der Waals surface area contributed by atoms with Gasteiger partial charge in [-0.1, -0.05) is 79.7 Å². The fourth-order valence-corrected chi connectivity index (χ4v) is 8.36. The molecule has 512 valence electrons. The zero-order valence-corrected chi connectivity index (χ0v) is 53.9. The molecule has 14 heteroatoms. The molecule has 4 aromatic rings. The molecule has 0 aromatic carbocycles. The van der Waals surface area contributed by atoms with Crippen LogP contribution in [-0.2, 0) is 26.9 Å². The highest BCUT2D eigenvalue weighted by molar-refractivity contribution is 4.95. The molecule has 0 saturated carbocycles. The van der Waals surface area contributed by atoms with Gasteiger partial charge in [-0.2, -0.15) is 10.2 Å². The number of ether oxygens (including phenoxy) is 1. The minimum atomic E-state index is 0. The van der Waals surface area contributed by atoms with Gasteiger partial charge >= 0.3 is 0 Å². The number of aromatic nitrogens is 8. The lowest BCUT2D eigenvalue weighted by atomic mass is 10.1. The van der Waals surface area contributed by atoms with Crippen LogP contribution in [0.15, 0.2) is 74.4 Å². The van der Waals surface area contributed by atoms with E-state index < -0.39 is 0 Å². The lowest BCUT2D eigenvalue weighted by Gasteiger charge is -2.38. The molecule has 0 aliphatic carbocycles. The van der Waals surface area contributed by atoms with Crippen LogP contribution in [0, 0.1) is 0 Å². The minimum Gasteiger partial charge on any atom is -0.379 e. The number of nitrogens with zero attached hydrogens (tertiary/aromatic N) is 12. The fraction of sp³-hybridized carbons (Fsp3) is 0.831. The number of hydrogen-bond donors (Lipinski definition) is 1. The van der Waals surface area contributed by atoms with E-state index in [4.69, 9.17) is 4.74 Å². The van der Waals surface area contributed by atoms with Crippen molar-refractivity contribution in [1.29, 1.82) is 0 Å². The summed E-state index contributed by atoms with van der Waals surface area (Å²) in [5.41, 5.74) is 2.10. The van der Waals surface area contributed by atoms with Gasteiger partial charge in [0.1, 0.15) is 12.7 Å². The smallest absolute Gasteiger partial charge is 0.137 e. The average molecular weight is 1210 g/mol. The Labute approximate surface area is 534 Å². The number of morpholine rings is 1. The monoisotopic (exact) mass is 1210 g/mol. The van der Waals surface area contributed by atoms with Gasteiger partial charge in [-0.3, -0.25) is 24.3 Å². The van der Waals surface area contributed by atoms with Crippen LogP contribution in [0.4, 0.5) is 0 Å². The van der Waals surface area contributed by atoms with Gasteiger partial charge in [-0.05, 0) is 236 Å². The van der Waals surface area contributed by atoms with Crippen molar-refractivity contribution < 1.29 is 4.74 Å². The molecule has 14 nitrogen and oxygen atoms in total. The van der Waals surface area contributed by atoms with Crippen LogP contribution in [-0.4, -0.2) is 159 Å². The van der Waals surface area contributed by atoms with E-state index in [-0.39, 0.29) is 89.0 Å². The van der Waals surface area contributed by atoms with Crippen molar-refractivity contribution in [3.8, 4) is 0 Å². The number of likely N-dealkylation sites (tertiary alicyclic amines) is 2. The van der Waals surface area contributed by atoms with E-state index in [1.807, 2.05) is 46.3 Å². The zero-order valence-electron chi connectivity index (χ0n) is 53.9. The van der Waals surface area contributed by atoms with Gasteiger partial charge < -0.3 is 19.2 Å². The van der Waals surface area contributed by atoms with E-state index in [0.29, 0.717) is 22.2 Å². The van der Waals surface area contributed by atoms with Gasteiger partial charge in [0, 0.05) is 110 Å².